The Labute approximate surface area is 112 Å². The smallest absolute Gasteiger partial charge is 0.259 e. The summed E-state index contributed by atoms with van der Waals surface area (Å²) in [5.41, 5.74) is 1.35. The molecule has 94 valence electrons. The normalized spacial score (nSPS) is 10.6. The van der Waals surface area contributed by atoms with Crippen LogP contribution in [-0.4, -0.2) is 15.1 Å². The van der Waals surface area contributed by atoms with Crippen molar-refractivity contribution in [1.29, 1.82) is 0 Å². The van der Waals surface area contributed by atoms with E-state index in [1.807, 2.05) is 0 Å². The molecule has 2 aromatic heterocycles. The predicted octanol–water partition coefficient (Wildman–Crippen LogP) is 3.59. The standard InChI is InChI=1S/C13H7ClFN3O/c14-11-6-3-9(7-16-11)13-17-12(18-19-13)8-1-4-10(15)5-2-8/h1-7H. The zero-order valence-corrected chi connectivity index (χ0v) is 10.3. The number of pyridine rings is 1. The van der Waals surface area contributed by atoms with Gasteiger partial charge in [-0.2, -0.15) is 4.98 Å². The Bertz CT molecular complexity index is 635. The monoisotopic (exact) mass is 275 g/mol. The van der Waals surface area contributed by atoms with Gasteiger partial charge in [-0.05, 0) is 36.4 Å². The van der Waals surface area contributed by atoms with Gasteiger partial charge in [0, 0.05) is 11.8 Å². The molecule has 0 spiro atoms. The lowest BCUT2D eigenvalue weighted by molar-refractivity contribution is 0.432. The molecule has 0 bridgehead atoms. The van der Waals surface area contributed by atoms with Gasteiger partial charge in [-0.25, -0.2) is 9.37 Å². The molecular weight excluding hydrogens is 269 g/mol. The maximum absolute atomic E-state index is 12.8. The van der Waals surface area contributed by atoms with E-state index >= 15 is 0 Å². The fourth-order valence-corrected chi connectivity index (χ4v) is 1.67. The molecule has 1 aromatic carbocycles. The summed E-state index contributed by atoms with van der Waals surface area (Å²) in [5.74, 6) is 0.419. The summed E-state index contributed by atoms with van der Waals surface area (Å²) in [5, 5.41) is 4.24. The summed E-state index contributed by atoms with van der Waals surface area (Å²) >= 11 is 5.70. The molecule has 0 aliphatic rings. The van der Waals surface area contributed by atoms with E-state index in [2.05, 4.69) is 15.1 Å². The Balaban J connectivity index is 1.95. The van der Waals surface area contributed by atoms with E-state index in [0.29, 0.717) is 28.0 Å². The molecule has 0 unspecified atom stereocenters. The van der Waals surface area contributed by atoms with Gasteiger partial charge in [0.25, 0.3) is 5.89 Å². The van der Waals surface area contributed by atoms with Crippen LogP contribution in [0.1, 0.15) is 0 Å². The molecule has 6 heteroatoms. The van der Waals surface area contributed by atoms with Crippen molar-refractivity contribution < 1.29 is 8.91 Å². The zero-order chi connectivity index (χ0) is 13.2. The third-order valence-electron chi connectivity index (χ3n) is 2.50. The average molecular weight is 276 g/mol. The molecule has 2 heterocycles. The molecular formula is C13H7ClFN3O. The second-order valence-electron chi connectivity index (χ2n) is 3.80. The summed E-state index contributed by atoms with van der Waals surface area (Å²) in [6.07, 6.45) is 1.55. The van der Waals surface area contributed by atoms with E-state index in [4.69, 9.17) is 16.1 Å². The predicted molar refractivity (Wildman–Crippen MR) is 67.9 cm³/mol. The van der Waals surface area contributed by atoms with Crippen molar-refractivity contribution >= 4 is 11.6 Å². The number of aromatic nitrogens is 3. The minimum absolute atomic E-state index is 0.311. The molecule has 4 nitrogen and oxygen atoms in total. The number of nitrogens with zero attached hydrogens (tertiary/aromatic N) is 3. The third kappa shape index (κ3) is 2.46. The number of hydrogen-bond acceptors (Lipinski definition) is 4. The highest BCUT2D eigenvalue weighted by Gasteiger charge is 2.10. The third-order valence-corrected chi connectivity index (χ3v) is 2.73. The molecule has 0 saturated heterocycles. The molecule has 0 saturated carbocycles. The molecule has 19 heavy (non-hydrogen) atoms. The highest BCUT2D eigenvalue weighted by molar-refractivity contribution is 6.29. The number of hydrogen-bond donors (Lipinski definition) is 0. The van der Waals surface area contributed by atoms with Gasteiger partial charge in [0.2, 0.25) is 5.82 Å². The van der Waals surface area contributed by atoms with Gasteiger partial charge in [-0.3, -0.25) is 0 Å². The SMILES string of the molecule is Fc1ccc(-c2noc(-c3ccc(Cl)nc3)n2)cc1. The molecule has 0 aliphatic carbocycles. The first-order valence-corrected chi connectivity index (χ1v) is 5.82. The molecule has 0 radical (unpaired) electrons. The molecule has 0 aliphatic heterocycles. The largest absolute Gasteiger partial charge is 0.334 e. The first-order valence-electron chi connectivity index (χ1n) is 5.44. The van der Waals surface area contributed by atoms with Crippen LogP contribution in [0, 0.1) is 5.82 Å². The Morgan fingerprint density at radius 3 is 2.42 bits per heavy atom. The summed E-state index contributed by atoms with van der Waals surface area (Å²) in [4.78, 5) is 8.16. The summed E-state index contributed by atoms with van der Waals surface area (Å²) in [6.45, 7) is 0. The molecule has 3 aromatic rings. The molecule has 0 fully saturated rings. The number of benzene rings is 1. The van der Waals surface area contributed by atoms with Crippen LogP contribution in [0.25, 0.3) is 22.8 Å². The van der Waals surface area contributed by atoms with Gasteiger partial charge in [-0.15, -0.1) is 0 Å². The van der Waals surface area contributed by atoms with Crippen molar-refractivity contribution in [2.24, 2.45) is 0 Å². The Morgan fingerprint density at radius 1 is 1.00 bits per heavy atom. The highest BCUT2D eigenvalue weighted by Crippen LogP contribution is 2.22. The summed E-state index contributed by atoms with van der Waals surface area (Å²) < 4.78 is 18.0. The average Bonchev–Trinajstić information content (AvgIpc) is 2.90. The second kappa shape index (κ2) is 4.78. The van der Waals surface area contributed by atoms with Crippen molar-refractivity contribution in [2.75, 3.05) is 0 Å². The van der Waals surface area contributed by atoms with Crippen molar-refractivity contribution in [2.45, 2.75) is 0 Å². The van der Waals surface area contributed by atoms with Gasteiger partial charge in [0.15, 0.2) is 0 Å². The van der Waals surface area contributed by atoms with Crippen LogP contribution in [0.2, 0.25) is 5.15 Å². The van der Waals surface area contributed by atoms with Crippen LogP contribution >= 0.6 is 11.6 Å². The lowest BCUT2D eigenvalue weighted by Crippen LogP contribution is -1.83. The van der Waals surface area contributed by atoms with Crippen LogP contribution in [-0.2, 0) is 0 Å². The van der Waals surface area contributed by atoms with Crippen molar-refractivity contribution in [3.63, 3.8) is 0 Å². The van der Waals surface area contributed by atoms with Gasteiger partial charge in [0.1, 0.15) is 11.0 Å². The zero-order valence-electron chi connectivity index (χ0n) is 9.55. The Hall–Kier alpha value is -2.27. The molecule has 0 atom stereocenters. The van der Waals surface area contributed by atoms with Gasteiger partial charge >= 0.3 is 0 Å². The van der Waals surface area contributed by atoms with Crippen molar-refractivity contribution in [3.05, 3.63) is 53.6 Å². The Kier molecular flexibility index (Phi) is 2.97. The van der Waals surface area contributed by atoms with E-state index in [9.17, 15) is 4.39 Å². The quantitative estimate of drug-likeness (QED) is 0.671. The van der Waals surface area contributed by atoms with Crippen molar-refractivity contribution in [3.8, 4) is 22.8 Å². The van der Waals surface area contributed by atoms with E-state index < -0.39 is 0 Å². The van der Waals surface area contributed by atoms with E-state index in [-0.39, 0.29) is 5.82 Å². The minimum Gasteiger partial charge on any atom is -0.334 e. The molecule has 0 amide bonds. The number of halogens is 2. The fraction of sp³-hybridized carbons (Fsp3) is 0. The van der Waals surface area contributed by atoms with Gasteiger partial charge < -0.3 is 4.52 Å². The van der Waals surface area contributed by atoms with Gasteiger partial charge in [-0.1, -0.05) is 16.8 Å². The lowest BCUT2D eigenvalue weighted by Gasteiger charge is -1.93. The maximum atomic E-state index is 12.8. The summed E-state index contributed by atoms with van der Waals surface area (Å²) in [7, 11) is 0. The van der Waals surface area contributed by atoms with E-state index in [0.717, 1.165) is 0 Å². The lowest BCUT2D eigenvalue weighted by atomic mass is 10.2. The molecule has 3 rings (SSSR count). The van der Waals surface area contributed by atoms with Crippen LogP contribution in [0.3, 0.4) is 0 Å². The second-order valence-corrected chi connectivity index (χ2v) is 4.19. The fourth-order valence-electron chi connectivity index (χ4n) is 1.56. The summed E-state index contributed by atoms with van der Waals surface area (Å²) in [6, 6.07) is 9.23. The van der Waals surface area contributed by atoms with Crippen LogP contribution in [0.5, 0.6) is 0 Å². The first kappa shape index (κ1) is 11.8. The maximum Gasteiger partial charge on any atom is 0.259 e. The number of rotatable bonds is 2. The van der Waals surface area contributed by atoms with Gasteiger partial charge in [0.05, 0.1) is 5.56 Å². The van der Waals surface area contributed by atoms with E-state index in [1.165, 1.54) is 12.1 Å². The minimum atomic E-state index is -0.311. The molecule has 0 N–H and O–H groups in total. The van der Waals surface area contributed by atoms with Crippen molar-refractivity contribution in [1.82, 2.24) is 15.1 Å². The topological polar surface area (TPSA) is 51.8 Å². The van der Waals surface area contributed by atoms with Crippen LogP contribution in [0.15, 0.2) is 47.1 Å². The van der Waals surface area contributed by atoms with Crippen LogP contribution in [0.4, 0.5) is 4.39 Å². The Morgan fingerprint density at radius 2 is 1.74 bits per heavy atom. The van der Waals surface area contributed by atoms with E-state index in [1.54, 1.807) is 30.5 Å². The van der Waals surface area contributed by atoms with Crippen LogP contribution < -0.4 is 0 Å². The first-order chi connectivity index (χ1) is 9.22. The highest BCUT2D eigenvalue weighted by atomic mass is 35.5.